The molecule has 1 atom stereocenters. The number of ketones is 1. The largest absolute Gasteiger partial charge is 0.379 e. The van der Waals surface area contributed by atoms with Gasteiger partial charge in [-0.3, -0.25) is 9.79 Å². The van der Waals surface area contributed by atoms with E-state index in [1.165, 1.54) is 12.4 Å². The summed E-state index contributed by atoms with van der Waals surface area (Å²) in [7, 11) is 0. The first-order valence-electron chi connectivity index (χ1n) is 7.54. The molecule has 24 heavy (non-hydrogen) atoms. The molecular formula is C17H17ClN4OS. The summed E-state index contributed by atoms with van der Waals surface area (Å²) in [5, 5.41) is 0.883. The third-order valence-electron chi connectivity index (χ3n) is 4.02. The Kier molecular flexibility index (Phi) is 4.87. The Morgan fingerprint density at radius 2 is 2.21 bits per heavy atom. The summed E-state index contributed by atoms with van der Waals surface area (Å²) in [6.07, 6.45) is 3.95. The highest BCUT2D eigenvalue weighted by Crippen LogP contribution is 2.35. The highest BCUT2D eigenvalue weighted by Gasteiger charge is 2.29. The molecule has 1 aromatic carbocycles. The lowest BCUT2D eigenvalue weighted by Gasteiger charge is -2.30. The van der Waals surface area contributed by atoms with Crippen molar-refractivity contribution < 1.29 is 4.79 Å². The number of hydrogen-bond acceptors (Lipinski definition) is 6. The Hall–Kier alpha value is -1.92. The van der Waals surface area contributed by atoms with Crippen molar-refractivity contribution in [2.24, 2.45) is 10.7 Å². The molecule has 0 saturated heterocycles. The van der Waals surface area contributed by atoms with Gasteiger partial charge in [0.05, 0.1) is 17.9 Å². The quantitative estimate of drug-likeness (QED) is 0.846. The van der Waals surface area contributed by atoms with Crippen LogP contribution in [-0.4, -0.2) is 26.7 Å². The molecule has 3 rings (SSSR count). The predicted molar refractivity (Wildman–Crippen MR) is 97.6 cm³/mol. The lowest BCUT2D eigenvalue weighted by atomic mass is 9.88. The normalized spacial score (nSPS) is 20.5. The van der Waals surface area contributed by atoms with Crippen LogP contribution in [0.4, 0.5) is 0 Å². The summed E-state index contributed by atoms with van der Waals surface area (Å²) in [5.74, 6) is 0.846. The minimum Gasteiger partial charge on any atom is -0.379 e. The van der Waals surface area contributed by atoms with Gasteiger partial charge < -0.3 is 5.73 Å². The van der Waals surface area contributed by atoms with Gasteiger partial charge in [0, 0.05) is 12.2 Å². The molecule has 1 aromatic heterocycles. The average Bonchev–Trinajstić information content (AvgIpc) is 2.55. The Bertz CT molecular complexity index is 793. The monoisotopic (exact) mass is 360 g/mol. The van der Waals surface area contributed by atoms with Gasteiger partial charge in [-0.2, -0.15) is 0 Å². The van der Waals surface area contributed by atoms with Crippen molar-refractivity contribution in [3.63, 3.8) is 0 Å². The molecule has 0 unspecified atom stereocenters. The van der Waals surface area contributed by atoms with Crippen LogP contribution in [-0.2, 0) is 12.0 Å². The first kappa shape index (κ1) is 16.9. The third-order valence-corrected chi connectivity index (χ3v) is 5.01. The zero-order chi connectivity index (χ0) is 17.2. The van der Waals surface area contributed by atoms with Gasteiger partial charge in [-0.05, 0) is 24.5 Å². The second-order valence-corrected chi connectivity index (χ2v) is 7.35. The van der Waals surface area contributed by atoms with Crippen LogP contribution in [0.5, 0.6) is 0 Å². The van der Waals surface area contributed by atoms with Crippen LogP contribution in [0.25, 0.3) is 0 Å². The number of carbonyl (C=O) groups is 1. The van der Waals surface area contributed by atoms with E-state index in [4.69, 9.17) is 17.3 Å². The maximum atomic E-state index is 12.3. The van der Waals surface area contributed by atoms with Crippen molar-refractivity contribution in [3.05, 3.63) is 58.6 Å². The van der Waals surface area contributed by atoms with Crippen molar-refractivity contribution in [2.45, 2.75) is 25.3 Å². The van der Waals surface area contributed by atoms with Crippen molar-refractivity contribution in [2.75, 3.05) is 5.75 Å². The SMILES string of the molecule is C[C@@]1(c2cccc(CC(=O)c3cnc(Cl)cn3)c2)CCSC(N)=N1. The first-order valence-corrected chi connectivity index (χ1v) is 8.91. The number of Topliss-reactive ketones (excluding diaryl/α,β-unsaturated/α-hetero) is 1. The molecule has 0 spiro atoms. The fraction of sp³-hybridized carbons (Fsp3) is 0.294. The number of nitrogens with zero attached hydrogens (tertiary/aromatic N) is 3. The van der Waals surface area contributed by atoms with E-state index in [0.717, 1.165) is 23.3 Å². The topological polar surface area (TPSA) is 81.2 Å². The molecular weight excluding hydrogens is 344 g/mol. The number of benzene rings is 1. The van der Waals surface area contributed by atoms with Crippen LogP contribution >= 0.6 is 23.4 Å². The van der Waals surface area contributed by atoms with Gasteiger partial charge in [0.15, 0.2) is 11.0 Å². The first-order chi connectivity index (χ1) is 11.5. The molecule has 0 fully saturated rings. The maximum Gasteiger partial charge on any atom is 0.187 e. The lowest BCUT2D eigenvalue weighted by Crippen LogP contribution is -2.28. The number of aliphatic imine (C=N–C) groups is 1. The smallest absolute Gasteiger partial charge is 0.187 e. The van der Waals surface area contributed by atoms with Crippen molar-refractivity contribution in [3.8, 4) is 0 Å². The Balaban J connectivity index is 1.82. The van der Waals surface area contributed by atoms with E-state index in [1.54, 1.807) is 11.8 Å². The molecule has 0 amide bonds. The number of nitrogens with two attached hydrogens (primary N) is 1. The summed E-state index contributed by atoms with van der Waals surface area (Å²) in [5.41, 5.74) is 7.85. The zero-order valence-corrected chi connectivity index (χ0v) is 14.8. The Morgan fingerprint density at radius 1 is 1.38 bits per heavy atom. The van der Waals surface area contributed by atoms with E-state index in [1.807, 2.05) is 24.3 Å². The van der Waals surface area contributed by atoms with E-state index in [9.17, 15) is 4.79 Å². The van der Waals surface area contributed by atoms with Gasteiger partial charge in [-0.15, -0.1) is 0 Å². The summed E-state index contributed by atoms with van der Waals surface area (Å²) in [4.78, 5) is 24.9. The zero-order valence-electron chi connectivity index (χ0n) is 13.2. The number of thioether (sulfide) groups is 1. The van der Waals surface area contributed by atoms with Crippen molar-refractivity contribution in [1.82, 2.24) is 9.97 Å². The summed E-state index contributed by atoms with van der Waals surface area (Å²) >= 11 is 7.28. The number of halogens is 1. The van der Waals surface area contributed by atoms with Crippen LogP contribution in [0.1, 0.15) is 35.0 Å². The Labute approximate surface area is 149 Å². The molecule has 5 nitrogen and oxygen atoms in total. The van der Waals surface area contributed by atoms with E-state index in [0.29, 0.717) is 10.9 Å². The molecule has 0 radical (unpaired) electrons. The molecule has 2 N–H and O–H groups in total. The fourth-order valence-electron chi connectivity index (χ4n) is 2.64. The predicted octanol–water partition coefficient (Wildman–Crippen LogP) is 3.22. The standard InChI is InChI=1S/C17H17ClN4OS/c1-17(5-6-24-16(19)22-17)12-4-2-3-11(7-12)8-14(23)13-9-21-15(18)10-20-13/h2-4,7,9-10H,5-6,8H2,1H3,(H2,19,22)/t17-/m0/s1. The second kappa shape index (κ2) is 6.91. The van der Waals surface area contributed by atoms with Gasteiger partial charge >= 0.3 is 0 Å². The van der Waals surface area contributed by atoms with Gasteiger partial charge in [0.25, 0.3) is 0 Å². The number of aromatic nitrogens is 2. The van der Waals surface area contributed by atoms with Crippen LogP contribution in [0, 0.1) is 0 Å². The third kappa shape index (κ3) is 3.76. The molecule has 7 heteroatoms. The number of amidine groups is 1. The maximum absolute atomic E-state index is 12.3. The van der Waals surface area contributed by atoms with E-state index >= 15 is 0 Å². The minimum atomic E-state index is -0.339. The summed E-state index contributed by atoms with van der Waals surface area (Å²) in [6.45, 7) is 2.07. The molecule has 0 bridgehead atoms. The van der Waals surface area contributed by atoms with Gasteiger partial charge in [0.1, 0.15) is 10.8 Å². The van der Waals surface area contributed by atoms with Crippen LogP contribution in [0.15, 0.2) is 41.7 Å². The van der Waals surface area contributed by atoms with Crippen LogP contribution in [0.2, 0.25) is 5.15 Å². The Morgan fingerprint density at radius 3 is 2.92 bits per heavy atom. The lowest BCUT2D eigenvalue weighted by molar-refractivity contribution is 0.0988. The fourth-order valence-corrected chi connectivity index (χ4v) is 3.72. The van der Waals surface area contributed by atoms with Crippen LogP contribution in [0.3, 0.4) is 0 Å². The van der Waals surface area contributed by atoms with Gasteiger partial charge in [0.2, 0.25) is 0 Å². The molecule has 0 aliphatic carbocycles. The van der Waals surface area contributed by atoms with Gasteiger partial charge in [-0.1, -0.05) is 47.6 Å². The number of hydrogen-bond donors (Lipinski definition) is 1. The van der Waals surface area contributed by atoms with Crippen molar-refractivity contribution >= 4 is 34.3 Å². The van der Waals surface area contributed by atoms with Crippen molar-refractivity contribution in [1.29, 1.82) is 0 Å². The molecule has 0 saturated carbocycles. The number of carbonyl (C=O) groups excluding carboxylic acids is 1. The highest BCUT2D eigenvalue weighted by atomic mass is 35.5. The summed E-state index contributed by atoms with van der Waals surface area (Å²) in [6, 6.07) is 7.93. The van der Waals surface area contributed by atoms with Crippen LogP contribution < -0.4 is 5.73 Å². The second-order valence-electron chi connectivity index (χ2n) is 5.85. The molecule has 124 valence electrons. The summed E-state index contributed by atoms with van der Waals surface area (Å²) < 4.78 is 0. The highest BCUT2D eigenvalue weighted by molar-refractivity contribution is 8.13. The van der Waals surface area contributed by atoms with E-state index < -0.39 is 0 Å². The number of rotatable bonds is 4. The molecule has 1 aliphatic heterocycles. The van der Waals surface area contributed by atoms with E-state index in [-0.39, 0.29) is 22.9 Å². The van der Waals surface area contributed by atoms with Gasteiger partial charge in [-0.25, -0.2) is 9.97 Å². The average molecular weight is 361 g/mol. The molecule has 2 heterocycles. The minimum absolute atomic E-state index is 0.0938. The molecule has 2 aromatic rings. The molecule has 1 aliphatic rings. The van der Waals surface area contributed by atoms with E-state index in [2.05, 4.69) is 21.9 Å².